The van der Waals surface area contributed by atoms with E-state index in [-0.39, 0.29) is 5.91 Å². The van der Waals surface area contributed by atoms with Crippen molar-refractivity contribution in [3.05, 3.63) is 35.4 Å². The van der Waals surface area contributed by atoms with E-state index in [9.17, 15) is 4.79 Å². The molecule has 2 N–H and O–H groups in total. The third kappa shape index (κ3) is 4.43. The second-order valence-electron chi connectivity index (χ2n) is 5.95. The van der Waals surface area contributed by atoms with Crippen molar-refractivity contribution in [2.75, 3.05) is 31.1 Å². The summed E-state index contributed by atoms with van der Waals surface area (Å²) in [6.45, 7) is 3.00. The number of carbonyl (C=O) groups excluding carboxylic acids is 1. The molecule has 2 aliphatic heterocycles. The second-order valence-corrected chi connectivity index (χ2v) is 8.68. The third-order valence-corrected chi connectivity index (χ3v) is 7.29. The maximum absolute atomic E-state index is 12.2. The van der Waals surface area contributed by atoms with E-state index in [0.717, 1.165) is 37.5 Å². The predicted molar refractivity (Wildman–Crippen MR) is 96.6 cm³/mol. The maximum Gasteiger partial charge on any atom is 0.251 e. The average Bonchev–Trinajstić information content (AvgIpc) is 3.09. The Morgan fingerprint density at radius 3 is 2.68 bits per heavy atom. The first-order chi connectivity index (χ1) is 10.8. The molecule has 0 bridgehead atoms. The second kappa shape index (κ2) is 8.27. The first-order valence-electron chi connectivity index (χ1n) is 8.15. The van der Waals surface area contributed by atoms with Gasteiger partial charge in [-0.1, -0.05) is 12.1 Å². The van der Waals surface area contributed by atoms with E-state index in [1.54, 1.807) is 0 Å². The van der Waals surface area contributed by atoms with Crippen LogP contribution in [0.25, 0.3) is 0 Å². The maximum atomic E-state index is 12.2. The summed E-state index contributed by atoms with van der Waals surface area (Å²) in [5, 5.41) is 6.41. The molecule has 120 valence electrons. The van der Waals surface area contributed by atoms with Crippen molar-refractivity contribution in [2.45, 2.75) is 23.8 Å². The first kappa shape index (κ1) is 16.2. The molecule has 1 atom stereocenters. The zero-order valence-electron chi connectivity index (χ0n) is 12.8. The molecule has 0 aliphatic carbocycles. The van der Waals surface area contributed by atoms with Crippen LogP contribution in [-0.4, -0.2) is 37.0 Å². The van der Waals surface area contributed by atoms with Gasteiger partial charge >= 0.3 is 0 Å². The number of carbonyl (C=O) groups is 1. The van der Waals surface area contributed by atoms with Crippen molar-refractivity contribution in [3.63, 3.8) is 0 Å². The van der Waals surface area contributed by atoms with Crippen molar-refractivity contribution in [1.82, 2.24) is 10.6 Å². The van der Waals surface area contributed by atoms with E-state index in [1.165, 1.54) is 29.9 Å². The lowest BCUT2D eigenvalue weighted by molar-refractivity contribution is 0.0951. The Balaban J connectivity index is 1.47. The normalized spacial score (nSPS) is 22.6. The summed E-state index contributed by atoms with van der Waals surface area (Å²) in [4.78, 5) is 12.2. The van der Waals surface area contributed by atoms with Crippen molar-refractivity contribution < 1.29 is 4.79 Å². The minimum absolute atomic E-state index is 0.0569. The Kier molecular flexibility index (Phi) is 6.10. The van der Waals surface area contributed by atoms with Gasteiger partial charge < -0.3 is 10.6 Å². The first-order valence-corrected chi connectivity index (χ1v) is 10.2. The quantitative estimate of drug-likeness (QED) is 0.866. The predicted octanol–water partition coefficient (Wildman–Crippen LogP) is 3.28. The van der Waals surface area contributed by atoms with Gasteiger partial charge in [0, 0.05) is 12.1 Å². The van der Waals surface area contributed by atoms with E-state index < -0.39 is 0 Å². The molecule has 0 aromatic heterocycles. The number of hydrogen-bond donors (Lipinski definition) is 2. The smallest absolute Gasteiger partial charge is 0.251 e. The zero-order valence-corrected chi connectivity index (χ0v) is 14.5. The van der Waals surface area contributed by atoms with Gasteiger partial charge in [-0.3, -0.25) is 4.79 Å². The monoisotopic (exact) mass is 336 g/mol. The van der Waals surface area contributed by atoms with Crippen molar-refractivity contribution >= 4 is 29.4 Å². The highest BCUT2D eigenvalue weighted by molar-refractivity contribution is 8.16. The van der Waals surface area contributed by atoms with E-state index in [1.807, 2.05) is 35.7 Å². The van der Waals surface area contributed by atoms with Gasteiger partial charge in [-0.15, -0.1) is 23.5 Å². The molecule has 22 heavy (non-hydrogen) atoms. The minimum Gasteiger partial charge on any atom is -0.352 e. The molecule has 3 nitrogen and oxygen atoms in total. The van der Waals surface area contributed by atoms with Crippen LogP contribution in [0.5, 0.6) is 0 Å². The van der Waals surface area contributed by atoms with Gasteiger partial charge in [-0.2, -0.15) is 0 Å². The number of thioether (sulfide) groups is 2. The molecule has 1 unspecified atom stereocenters. The van der Waals surface area contributed by atoms with Gasteiger partial charge in [0.15, 0.2) is 0 Å². The topological polar surface area (TPSA) is 41.1 Å². The van der Waals surface area contributed by atoms with Gasteiger partial charge in [0.1, 0.15) is 0 Å². The molecule has 2 aliphatic rings. The number of amides is 1. The Morgan fingerprint density at radius 2 is 2.00 bits per heavy atom. The fourth-order valence-electron chi connectivity index (χ4n) is 2.92. The Hall–Kier alpha value is -0.650. The van der Waals surface area contributed by atoms with E-state index in [2.05, 4.69) is 22.8 Å². The lowest BCUT2D eigenvalue weighted by Gasteiger charge is -2.21. The average molecular weight is 337 g/mol. The highest BCUT2D eigenvalue weighted by atomic mass is 32.2. The zero-order chi connectivity index (χ0) is 15.2. The lowest BCUT2D eigenvalue weighted by atomic mass is 10.1. The Morgan fingerprint density at radius 1 is 1.23 bits per heavy atom. The SMILES string of the molecule is O=C(NCCC1CCNC1)c1ccc(C2SCCCS2)cc1. The Bertz CT molecular complexity index is 480. The van der Waals surface area contributed by atoms with Crippen molar-refractivity contribution in [2.24, 2.45) is 5.92 Å². The van der Waals surface area contributed by atoms with Crippen LogP contribution in [0, 0.1) is 5.92 Å². The van der Waals surface area contributed by atoms with E-state index in [0.29, 0.717) is 4.58 Å². The summed E-state index contributed by atoms with van der Waals surface area (Å²) in [5.41, 5.74) is 2.11. The molecule has 1 aromatic carbocycles. The standard InChI is InChI=1S/C17H24N2OS2/c20-16(19-9-7-13-6-8-18-12-13)14-2-4-15(5-3-14)17-21-10-1-11-22-17/h2-5,13,17-18H,1,6-12H2,(H,19,20). The summed E-state index contributed by atoms with van der Waals surface area (Å²) in [6.07, 6.45) is 3.62. The Labute approximate surface area is 141 Å². The van der Waals surface area contributed by atoms with E-state index in [4.69, 9.17) is 0 Å². The lowest BCUT2D eigenvalue weighted by Crippen LogP contribution is -2.26. The van der Waals surface area contributed by atoms with Gasteiger partial charge in [-0.05, 0) is 67.5 Å². The molecule has 2 fully saturated rings. The number of hydrogen-bond acceptors (Lipinski definition) is 4. The molecule has 3 rings (SSSR count). The summed E-state index contributed by atoms with van der Waals surface area (Å²) in [6, 6.07) is 8.17. The number of benzene rings is 1. The van der Waals surface area contributed by atoms with Gasteiger partial charge in [0.2, 0.25) is 0 Å². The molecule has 2 heterocycles. The van der Waals surface area contributed by atoms with Gasteiger partial charge in [0.05, 0.1) is 4.58 Å². The summed E-state index contributed by atoms with van der Waals surface area (Å²) < 4.78 is 0.542. The van der Waals surface area contributed by atoms with Crippen LogP contribution in [0.15, 0.2) is 24.3 Å². The molecule has 1 amide bonds. The third-order valence-electron chi connectivity index (χ3n) is 4.27. The van der Waals surface area contributed by atoms with Gasteiger partial charge in [-0.25, -0.2) is 0 Å². The number of nitrogens with one attached hydrogen (secondary N) is 2. The molecule has 5 heteroatoms. The van der Waals surface area contributed by atoms with Crippen LogP contribution >= 0.6 is 23.5 Å². The van der Waals surface area contributed by atoms with Crippen LogP contribution in [0.2, 0.25) is 0 Å². The van der Waals surface area contributed by atoms with Crippen LogP contribution in [0.4, 0.5) is 0 Å². The molecule has 2 saturated heterocycles. The van der Waals surface area contributed by atoms with E-state index >= 15 is 0 Å². The van der Waals surface area contributed by atoms with Crippen LogP contribution in [0.3, 0.4) is 0 Å². The van der Waals surface area contributed by atoms with Gasteiger partial charge in [0.25, 0.3) is 5.91 Å². The summed E-state index contributed by atoms with van der Waals surface area (Å²) in [7, 11) is 0. The van der Waals surface area contributed by atoms with Crippen molar-refractivity contribution in [3.8, 4) is 0 Å². The number of rotatable bonds is 5. The van der Waals surface area contributed by atoms with Crippen LogP contribution < -0.4 is 10.6 Å². The minimum atomic E-state index is 0.0569. The largest absolute Gasteiger partial charge is 0.352 e. The molecule has 0 radical (unpaired) electrons. The van der Waals surface area contributed by atoms with Crippen LogP contribution in [-0.2, 0) is 0 Å². The molecule has 0 saturated carbocycles. The fraction of sp³-hybridized carbons (Fsp3) is 0.588. The van der Waals surface area contributed by atoms with Crippen LogP contribution in [0.1, 0.15) is 39.8 Å². The highest BCUT2D eigenvalue weighted by Crippen LogP contribution is 2.43. The molecular weight excluding hydrogens is 312 g/mol. The molecule has 0 spiro atoms. The van der Waals surface area contributed by atoms with Crippen molar-refractivity contribution in [1.29, 1.82) is 0 Å². The fourth-order valence-corrected chi connectivity index (χ4v) is 5.82. The molecular formula is C17H24N2OS2. The molecule has 1 aromatic rings. The highest BCUT2D eigenvalue weighted by Gasteiger charge is 2.17. The summed E-state index contributed by atoms with van der Waals surface area (Å²) in [5.74, 6) is 3.27. The summed E-state index contributed by atoms with van der Waals surface area (Å²) >= 11 is 4.03.